The molecule has 220 valence electrons. The summed E-state index contributed by atoms with van der Waals surface area (Å²) < 4.78 is 26.9. The van der Waals surface area contributed by atoms with Crippen LogP contribution in [0.25, 0.3) is 0 Å². The highest BCUT2D eigenvalue weighted by molar-refractivity contribution is 7.90. The molecule has 9 heteroatoms. The molecule has 1 fully saturated rings. The van der Waals surface area contributed by atoms with Crippen LogP contribution in [0.5, 0.6) is 0 Å². The molecule has 5 rings (SSSR count). The molecule has 1 N–H and O–H groups in total. The molecule has 3 amide bonds. The van der Waals surface area contributed by atoms with Crippen molar-refractivity contribution < 1.29 is 22.8 Å². The van der Waals surface area contributed by atoms with Gasteiger partial charge in [0.15, 0.2) is 0 Å². The van der Waals surface area contributed by atoms with E-state index in [4.69, 9.17) is 0 Å². The van der Waals surface area contributed by atoms with Gasteiger partial charge in [0, 0.05) is 32.0 Å². The fourth-order valence-corrected chi connectivity index (χ4v) is 7.51. The minimum atomic E-state index is -3.96. The summed E-state index contributed by atoms with van der Waals surface area (Å²) in [6.45, 7) is 2.11. The Kier molecular flexibility index (Phi) is 9.06. The predicted octanol–water partition coefficient (Wildman–Crippen LogP) is 4.62. The molecule has 0 saturated heterocycles. The second kappa shape index (κ2) is 12.9. The zero-order valence-electron chi connectivity index (χ0n) is 23.9. The average Bonchev–Trinajstić information content (AvgIpc) is 3.56. The average molecular weight is 588 g/mol. The molecule has 3 aromatic carbocycles. The number of rotatable bonds is 11. The van der Waals surface area contributed by atoms with Gasteiger partial charge in [0.25, 0.3) is 15.9 Å². The third-order valence-electron chi connectivity index (χ3n) is 8.07. The maximum absolute atomic E-state index is 13.9. The summed E-state index contributed by atoms with van der Waals surface area (Å²) >= 11 is 0. The topological polar surface area (TPSA) is 104 Å². The highest BCUT2D eigenvalue weighted by atomic mass is 32.2. The Morgan fingerprint density at radius 3 is 2.36 bits per heavy atom. The van der Waals surface area contributed by atoms with Crippen LogP contribution in [0.15, 0.2) is 83.8 Å². The van der Waals surface area contributed by atoms with Gasteiger partial charge in [-0.1, -0.05) is 85.1 Å². The maximum Gasteiger partial charge on any atom is 0.269 e. The molecular weight excluding hydrogens is 550 g/mol. The third-order valence-corrected chi connectivity index (χ3v) is 9.91. The quantitative estimate of drug-likeness (QED) is 0.353. The van der Waals surface area contributed by atoms with E-state index in [1.165, 1.54) is 12.1 Å². The van der Waals surface area contributed by atoms with Crippen LogP contribution in [0.4, 0.5) is 0 Å². The van der Waals surface area contributed by atoms with Crippen LogP contribution in [0.2, 0.25) is 0 Å². The van der Waals surface area contributed by atoms with Crippen LogP contribution in [0.3, 0.4) is 0 Å². The summed E-state index contributed by atoms with van der Waals surface area (Å²) in [7, 11) is -3.96. The van der Waals surface area contributed by atoms with E-state index in [9.17, 15) is 22.8 Å². The lowest BCUT2D eigenvalue weighted by Crippen LogP contribution is -2.52. The van der Waals surface area contributed by atoms with Gasteiger partial charge in [-0.25, -0.2) is 12.7 Å². The first-order valence-electron chi connectivity index (χ1n) is 14.6. The Balaban J connectivity index is 1.37. The van der Waals surface area contributed by atoms with Crippen LogP contribution in [0, 0.1) is 6.92 Å². The molecule has 1 saturated carbocycles. The summed E-state index contributed by atoms with van der Waals surface area (Å²) in [5.41, 5.74) is 3.05. The van der Waals surface area contributed by atoms with Gasteiger partial charge in [0.2, 0.25) is 11.8 Å². The first kappa shape index (κ1) is 29.5. The van der Waals surface area contributed by atoms with Gasteiger partial charge in [-0.2, -0.15) is 0 Å². The molecule has 0 aromatic heterocycles. The highest BCUT2D eigenvalue weighted by Gasteiger charge is 2.40. The van der Waals surface area contributed by atoms with E-state index in [0.717, 1.165) is 46.7 Å². The van der Waals surface area contributed by atoms with Crippen LogP contribution in [0.1, 0.15) is 65.6 Å². The number of carbonyl (C=O) groups excluding carboxylic acids is 3. The van der Waals surface area contributed by atoms with E-state index in [2.05, 4.69) is 5.32 Å². The highest BCUT2D eigenvalue weighted by Crippen LogP contribution is 2.30. The summed E-state index contributed by atoms with van der Waals surface area (Å²) in [4.78, 5) is 42.2. The van der Waals surface area contributed by atoms with Crippen molar-refractivity contribution in [2.45, 2.75) is 75.4 Å². The lowest BCUT2D eigenvalue weighted by molar-refractivity contribution is -0.141. The Morgan fingerprint density at radius 1 is 0.952 bits per heavy atom. The Morgan fingerprint density at radius 2 is 1.64 bits per heavy atom. The van der Waals surface area contributed by atoms with E-state index in [1.807, 2.05) is 61.5 Å². The van der Waals surface area contributed by atoms with E-state index >= 15 is 0 Å². The van der Waals surface area contributed by atoms with Crippen LogP contribution >= 0.6 is 0 Å². The number of hydrogen-bond acceptors (Lipinski definition) is 5. The van der Waals surface area contributed by atoms with E-state index < -0.39 is 22.0 Å². The molecule has 1 aliphatic heterocycles. The van der Waals surface area contributed by atoms with Crippen molar-refractivity contribution in [3.63, 3.8) is 0 Å². The molecule has 0 bridgehead atoms. The number of fused-ring (bicyclic) bond motifs is 1. The van der Waals surface area contributed by atoms with Crippen LogP contribution in [-0.4, -0.2) is 54.0 Å². The summed E-state index contributed by atoms with van der Waals surface area (Å²) in [5, 5.41) is 3.19. The van der Waals surface area contributed by atoms with E-state index in [-0.39, 0.29) is 54.2 Å². The number of aryl methyl sites for hydroxylation is 1. The molecular formula is C33H37N3O5S. The van der Waals surface area contributed by atoms with Crippen molar-refractivity contribution in [2.24, 2.45) is 0 Å². The number of carbonyl (C=O) groups is 3. The third kappa shape index (κ3) is 6.57. The van der Waals surface area contributed by atoms with E-state index in [1.54, 1.807) is 17.0 Å². The Labute approximate surface area is 247 Å². The summed E-state index contributed by atoms with van der Waals surface area (Å²) in [6.07, 6.45) is 4.48. The molecule has 1 atom stereocenters. The first-order valence-corrected chi connectivity index (χ1v) is 16.0. The molecule has 1 unspecified atom stereocenters. The fraction of sp³-hybridized carbons (Fsp3) is 0.364. The number of nitrogens with one attached hydrogen (secondary N) is 1. The van der Waals surface area contributed by atoms with Crippen molar-refractivity contribution >= 4 is 27.7 Å². The van der Waals surface area contributed by atoms with Crippen molar-refractivity contribution in [1.82, 2.24) is 14.5 Å². The van der Waals surface area contributed by atoms with Gasteiger partial charge in [-0.05, 0) is 49.4 Å². The molecule has 8 nitrogen and oxygen atoms in total. The summed E-state index contributed by atoms with van der Waals surface area (Å²) in [5.74, 6) is -1.02. The number of benzene rings is 3. The number of nitrogens with zero attached hydrogens (tertiary/aromatic N) is 2. The smallest absolute Gasteiger partial charge is 0.269 e. The number of sulfonamides is 1. The molecule has 0 spiro atoms. The van der Waals surface area contributed by atoms with Gasteiger partial charge in [-0.3, -0.25) is 14.4 Å². The zero-order chi connectivity index (χ0) is 29.7. The van der Waals surface area contributed by atoms with Crippen molar-refractivity contribution in [1.29, 1.82) is 0 Å². The van der Waals surface area contributed by atoms with Gasteiger partial charge in [0.1, 0.15) is 10.9 Å². The van der Waals surface area contributed by atoms with Gasteiger partial charge in [-0.15, -0.1) is 0 Å². The molecule has 1 heterocycles. The van der Waals surface area contributed by atoms with Gasteiger partial charge >= 0.3 is 0 Å². The Bertz CT molecular complexity index is 1550. The molecule has 0 radical (unpaired) electrons. The lowest BCUT2D eigenvalue weighted by atomic mass is 10.0. The normalized spacial score (nSPS) is 16.7. The molecule has 1 aliphatic carbocycles. The first-order chi connectivity index (χ1) is 20.2. The van der Waals surface area contributed by atoms with Gasteiger partial charge in [0.05, 0.1) is 5.56 Å². The van der Waals surface area contributed by atoms with Crippen molar-refractivity contribution in [3.05, 3.63) is 101 Å². The molecule has 42 heavy (non-hydrogen) atoms. The maximum atomic E-state index is 13.9. The standard InChI is InChI=1S/C33H37N3O5S/c1-24-11-9-14-26(21-24)23-35(29(22-25-12-3-2-4-13-25)32(38)34-27-15-5-6-16-27)31(37)19-10-20-36-33(39)28-17-7-8-18-30(28)42(36,40)41/h2-4,7-9,11-14,17-18,21,27,29H,5-6,10,15-16,19-20,22-23H2,1H3,(H,34,38). The SMILES string of the molecule is Cc1cccc(CN(C(=O)CCCN2C(=O)c3ccccc3S2(=O)=O)C(Cc2ccccc2)C(=O)NC2CCCC2)c1. The number of amides is 3. The van der Waals surface area contributed by atoms with Crippen molar-refractivity contribution in [3.8, 4) is 0 Å². The van der Waals surface area contributed by atoms with Gasteiger partial charge < -0.3 is 10.2 Å². The van der Waals surface area contributed by atoms with Crippen LogP contribution in [-0.2, 0) is 32.6 Å². The van der Waals surface area contributed by atoms with Crippen molar-refractivity contribution in [2.75, 3.05) is 6.54 Å². The second-order valence-electron chi connectivity index (χ2n) is 11.2. The predicted molar refractivity (Wildman–Crippen MR) is 160 cm³/mol. The minimum absolute atomic E-state index is 0.00564. The number of hydrogen-bond donors (Lipinski definition) is 1. The summed E-state index contributed by atoms with van der Waals surface area (Å²) in [6, 6.07) is 23.0. The minimum Gasteiger partial charge on any atom is -0.352 e. The largest absolute Gasteiger partial charge is 0.352 e. The second-order valence-corrected chi connectivity index (χ2v) is 13.0. The monoisotopic (exact) mass is 587 g/mol. The lowest BCUT2D eigenvalue weighted by Gasteiger charge is -2.32. The van der Waals surface area contributed by atoms with E-state index in [0.29, 0.717) is 6.42 Å². The Hall–Kier alpha value is -3.98. The molecule has 2 aliphatic rings. The zero-order valence-corrected chi connectivity index (χ0v) is 24.7. The molecule has 3 aromatic rings. The van der Waals surface area contributed by atoms with Crippen LogP contribution < -0.4 is 5.32 Å². The fourth-order valence-electron chi connectivity index (χ4n) is 5.90.